The third-order valence-electron chi connectivity index (χ3n) is 2.51. The van der Waals surface area contributed by atoms with Crippen LogP contribution < -0.4 is 4.74 Å². The van der Waals surface area contributed by atoms with Crippen molar-refractivity contribution in [2.24, 2.45) is 0 Å². The number of hydrogen-bond acceptors (Lipinski definition) is 3. The molecule has 1 aromatic carbocycles. The highest BCUT2D eigenvalue weighted by Crippen LogP contribution is 2.19. The second kappa shape index (κ2) is 6.05. The Bertz CT molecular complexity index is 456. The van der Waals surface area contributed by atoms with E-state index >= 15 is 0 Å². The Morgan fingerprint density at radius 2 is 2.00 bits per heavy atom. The van der Waals surface area contributed by atoms with Crippen LogP contribution in [-0.2, 0) is 4.79 Å². The van der Waals surface area contributed by atoms with Gasteiger partial charge in [-0.1, -0.05) is 12.1 Å². The Kier molecular flexibility index (Phi) is 4.71. The van der Waals surface area contributed by atoms with Crippen LogP contribution in [0, 0.1) is 13.8 Å². The molecule has 0 saturated heterocycles. The van der Waals surface area contributed by atoms with Crippen LogP contribution in [0.3, 0.4) is 0 Å². The van der Waals surface area contributed by atoms with Gasteiger partial charge in [0.15, 0.2) is 0 Å². The van der Waals surface area contributed by atoms with Crippen LogP contribution in [-0.4, -0.2) is 35.7 Å². The Morgan fingerprint density at radius 1 is 1.33 bits per heavy atom. The highest BCUT2D eigenvalue weighted by Gasteiger charge is 2.13. The predicted octanol–water partition coefficient (Wildman–Crippen LogP) is 2.21. The van der Waals surface area contributed by atoms with E-state index < -0.39 is 12.1 Å². The average Bonchev–Trinajstić information content (AvgIpc) is 2.30. The standard InChI is InChI=1S/C13H17NO4/c1-9-4-5-10(2)11(8-9)18-13(17)14(3)7-6-12(15)16/h4-5,8H,6-7H2,1-3H3,(H,15,16). The Hall–Kier alpha value is -2.04. The molecule has 5 heteroatoms. The molecule has 0 saturated carbocycles. The lowest BCUT2D eigenvalue weighted by atomic mass is 10.1. The number of hydrogen-bond donors (Lipinski definition) is 1. The van der Waals surface area contributed by atoms with E-state index in [9.17, 15) is 9.59 Å². The maximum Gasteiger partial charge on any atom is 0.414 e. The van der Waals surface area contributed by atoms with Crippen molar-refractivity contribution < 1.29 is 19.4 Å². The molecule has 0 aliphatic rings. The lowest BCUT2D eigenvalue weighted by Gasteiger charge is -2.16. The Labute approximate surface area is 106 Å². The molecule has 0 atom stereocenters. The maximum absolute atomic E-state index is 11.7. The van der Waals surface area contributed by atoms with Gasteiger partial charge in [-0.3, -0.25) is 4.79 Å². The summed E-state index contributed by atoms with van der Waals surface area (Å²) >= 11 is 0. The van der Waals surface area contributed by atoms with Crippen molar-refractivity contribution in [3.63, 3.8) is 0 Å². The van der Waals surface area contributed by atoms with E-state index in [2.05, 4.69) is 0 Å². The molecule has 18 heavy (non-hydrogen) atoms. The van der Waals surface area contributed by atoms with Crippen LogP contribution in [0.4, 0.5) is 4.79 Å². The van der Waals surface area contributed by atoms with E-state index in [-0.39, 0.29) is 13.0 Å². The molecule has 0 radical (unpaired) electrons. The number of carbonyl (C=O) groups is 2. The van der Waals surface area contributed by atoms with Crippen LogP contribution in [0.5, 0.6) is 5.75 Å². The van der Waals surface area contributed by atoms with Crippen LogP contribution in [0.15, 0.2) is 18.2 Å². The summed E-state index contributed by atoms with van der Waals surface area (Å²) in [4.78, 5) is 23.3. The fourth-order valence-electron chi connectivity index (χ4n) is 1.34. The number of carboxylic acids is 1. The Morgan fingerprint density at radius 3 is 2.61 bits per heavy atom. The highest BCUT2D eigenvalue weighted by molar-refractivity contribution is 5.72. The monoisotopic (exact) mass is 251 g/mol. The van der Waals surface area contributed by atoms with Gasteiger partial charge in [0.2, 0.25) is 0 Å². The van der Waals surface area contributed by atoms with Gasteiger partial charge in [0.05, 0.1) is 6.42 Å². The zero-order valence-electron chi connectivity index (χ0n) is 10.8. The smallest absolute Gasteiger partial charge is 0.414 e. The number of benzene rings is 1. The van der Waals surface area contributed by atoms with Crippen molar-refractivity contribution in [2.75, 3.05) is 13.6 Å². The summed E-state index contributed by atoms with van der Waals surface area (Å²) in [5.74, 6) is -0.441. The summed E-state index contributed by atoms with van der Waals surface area (Å²) in [6.07, 6.45) is -0.650. The number of nitrogens with zero attached hydrogens (tertiary/aromatic N) is 1. The van der Waals surface area contributed by atoms with Gasteiger partial charge in [0.1, 0.15) is 5.75 Å². The maximum atomic E-state index is 11.7. The molecule has 0 aliphatic heterocycles. The molecule has 1 amide bonds. The summed E-state index contributed by atoms with van der Waals surface area (Å²) < 4.78 is 5.21. The molecular weight excluding hydrogens is 234 g/mol. The van der Waals surface area contributed by atoms with Gasteiger partial charge in [0, 0.05) is 13.6 Å². The first kappa shape index (κ1) is 14.0. The van der Waals surface area contributed by atoms with E-state index in [0.29, 0.717) is 5.75 Å². The number of carbonyl (C=O) groups excluding carboxylic acids is 1. The van der Waals surface area contributed by atoms with Crippen LogP contribution >= 0.6 is 0 Å². The second-order valence-electron chi connectivity index (χ2n) is 4.20. The highest BCUT2D eigenvalue weighted by atomic mass is 16.6. The van der Waals surface area contributed by atoms with Gasteiger partial charge in [-0.15, -0.1) is 0 Å². The number of aliphatic carboxylic acids is 1. The van der Waals surface area contributed by atoms with Gasteiger partial charge in [-0.05, 0) is 31.0 Å². The summed E-state index contributed by atoms with van der Waals surface area (Å²) in [6, 6.07) is 5.58. The number of amides is 1. The minimum absolute atomic E-state index is 0.0988. The van der Waals surface area contributed by atoms with E-state index in [0.717, 1.165) is 11.1 Å². The van der Waals surface area contributed by atoms with Crippen molar-refractivity contribution in [2.45, 2.75) is 20.3 Å². The molecule has 98 valence electrons. The van der Waals surface area contributed by atoms with Gasteiger partial charge < -0.3 is 14.7 Å². The van der Waals surface area contributed by atoms with Crippen LogP contribution in [0.1, 0.15) is 17.5 Å². The van der Waals surface area contributed by atoms with Crippen LogP contribution in [0.25, 0.3) is 0 Å². The molecule has 0 fully saturated rings. The molecule has 5 nitrogen and oxygen atoms in total. The van der Waals surface area contributed by atoms with Gasteiger partial charge in [0.25, 0.3) is 0 Å². The molecular formula is C13H17NO4. The van der Waals surface area contributed by atoms with E-state index in [1.807, 2.05) is 26.0 Å². The van der Waals surface area contributed by atoms with Crippen molar-refractivity contribution >= 4 is 12.1 Å². The first-order valence-electron chi connectivity index (χ1n) is 5.62. The van der Waals surface area contributed by atoms with Crippen molar-refractivity contribution in [1.82, 2.24) is 4.90 Å². The topological polar surface area (TPSA) is 66.8 Å². The first-order valence-corrected chi connectivity index (χ1v) is 5.62. The first-order chi connectivity index (χ1) is 8.40. The third kappa shape index (κ3) is 4.08. The minimum atomic E-state index is -0.943. The van der Waals surface area contributed by atoms with E-state index in [1.165, 1.54) is 11.9 Å². The third-order valence-corrected chi connectivity index (χ3v) is 2.51. The summed E-state index contributed by atoms with van der Waals surface area (Å²) in [7, 11) is 1.51. The lowest BCUT2D eigenvalue weighted by molar-refractivity contribution is -0.137. The molecule has 0 heterocycles. The molecule has 1 aromatic rings. The van der Waals surface area contributed by atoms with Gasteiger partial charge in [-0.25, -0.2) is 4.79 Å². The normalized spacial score (nSPS) is 9.94. The molecule has 0 unspecified atom stereocenters. The fraction of sp³-hybridized carbons (Fsp3) is 0.385. The zero-order chi connectivity index (χ0) is 13.7. The van der Waals surface area contributed by atoms with E-state index in [1.54, 1.807) is 6.07 Å². The second-order valence-corrected chi connectivity index (χ2v) is 4.20. The molecule has 1 rings (SSSR count). The van der Waals surface area contributed by atoms with E-state index in [4.69, 9.17) is 9.84 Å². The van der Waals surface area contributed by atoms with Gasteiger partial charge in [-0.2, -0.15) is 0 Å². The summed E-state index contributed by atoms with van der Waals surface area (Å²) in [6.45, 7) is 3.88. The molecule has 0 aromatic heterocycles. The molecule has 0 bridgehead atoms. The lowest BCUT2D eigenvalue weighted by Crippen LogP contribution is -2.31. The molecule has 0 aliphatic carbocycles. The zero-order valence-corrected chi connectivity index (χ0v) is 10.8. The average molecular weight is 251 g/mol. The predicted molar refractivity (Wildman–Crippen MR) is 66.8 cm³/mol. The summed E-state index contributed by atoms with van der Waals surface area (Å²) in [5, 5.41) is 8.54. The van der Waals surface area contributed by atoms with Crippen LogP contribution in [0.2, 0.25) is 0 Å². The summed E-state index contributed by atoms with van der Waals surface area (Å²) in [5.41, 5.74) is 1.86. The van der Waals surface area contributed by atoms with Crippen molar-refractivity contribution in [3.05, 3.63) is 29.3 Å². The number of carboxylic acid groups (broad SMARTS) is 1. The largest absolute Gasteiger partial charge is 0.481 e. The van der Waals surface area contributed by atoms with Crippen molar-refractivity contribution in [3.8, 4) is 5.75 Å². The van der Waals surface area contributed by atoms with Gasteiger partial charge >= 0.3 is 12.1 Å². The number of rotatable bonds is 4. The quantitative estimate of drug-likeness (QED) is 0.890. The fourth-order valence-corrected chi connectivity index (χ4v) is 1.34. The SMILES string of the molecule is Cc1ccc(C)c(OC(=O)N(C)CCC(=O)O)c1. The molecule has 1 N–H and O–H groups in total. The minimum Gasteiger partial charge on any atom is -0.481 e. The molecule has 0 spiro atoms. The Balaban J connectivity index is 2.63. The van der Waals surface area contributed by atoms with Crippen molar-refractivity contribution in [1.29, 1.82) is 0 Å². The number of aryl methyl sites for hydroxylation is 2. The number of ether oxygens (including phenoxy) is 1.